The Balaban J connectivity index is 1.83. The molecule has 0 aromatic carbocycles. The van der Waals surface area contributed by atoms with E-state index in [9.17, 15) is 18.0 Å². The first-order chi connectivity index (χ1) is 13.3. The van der Waals surface area contributed by atoms with Crippen LogP contribution in [0.25, 0.3) is 16.2 Å². The highest BCUT2D eigenvalue weighted by Crippen LogP contribution is 2.34. The molecule has 0 saturated carbocycles. The lowest BCUT2D eigenvalue weighted by Gasteiger charge is -2.38. The van der Waals surface area contributed by atoms with Gasteiger partial charge in [0.15, 0.2) is 17.0 Å². The van der Waals surface area contributed by atoms with E-state index >= 15 is 0 Å². The van der Waals surface area contributed by atoms with Gasteiger partial charge in [-0.3, -0.25) is 4.79 Å². The third-order valence-electron chi connectivity index (χ3n) is 5.14. The molecular formula is C19H19F3N4OS. The summed E-state index contributed by atoms with van der Waals surface area (Å²) in [4.78, 5) is 19.7. The van der Waals surface area contributed by atoms with Crippen molar-refractivity contribution in [3.05, 3.63) is 41.0 Å². The topological polar surface area (TPSA) is 50.5 Å². The van der Waals surface area contributed by atoms with Gasteiger partial charge in [-0.15, -0.1) is 11.3 Å². The third kappa shape index (κ3) is 3.28. The molecule has 4 heterocycles. The zero-order chi connectivity index (χ0) is 20.1. The molecule has 3 aromatic heterocycles. The van der Waals surface area contributed by atoms with Crippen LogP contribution in [0.3, 0.4) is 0 Å². The molecule has 148 valence electrons. The summed E-state index contributed by atoms with van der Waals surface area (Å²) in [7, 11) is 0. The standard InChI is InChI=1S/C19H19F3N4OS/c1-11-5-3-6-12(2)25(11)18(27)14-10-17-23-13(15-7-4-8-28-15)9-16(19(20,21)22)26(17)24-14/h4,7-12H,3,5-6H2,1-2H3/t11-,12-/m1/s1. The van der Waals surface area contributed by atoms with Crippen molar-refractivity contribution in [2.45, 2.75) is 51.4 Å². The second kappa shape index (κ2) is 6.88. The predicted octanol–water partition coefficient (Wildman–Crippen LogP) is 4.88. The number of halogens is 3. The van der Waals surface area contributed by atoms with Crippen molar-refractivity contribution in [3.8, 4) is 10.6 Å². The fourth-order valence-electron chi connectivity index (χ4n) is 3.79. The third-order valence-corrected chi connectivity index (χ3v) is 6.03. The minimum Gasteiger partial charge on any atom is -0.332 e. The maximum Gasteiger partial charge on any atom is 0.433 e. The van der Waals surface area contributed by atoms with Gasteiger partial charge < -0.3 is 4.90 Å². The lowest BCUT2D eigenvalue weighted by Crippen LogP contribution is -2.47. The Labute approximate surface area is 163 Å². The number of likely N-dealkylation sites (tertiary alicyclic amines) is 1. The molecule has 2 atom stereocenters. The first-order valence-electron chi connectivity index (χ1n) is 9.10. The molecule has 28 heavy (non-hydrogen) atoms. The summed E-state index contributed by atoms with van der Waals surface area (Å²) >= 11 is 1.31. The average Bonchev–Trinajstić information content (AvgIpc) is 3.29. The highest BCUT2D eigenvalue weighted by atomic mass is 32.1. The fourth-order valence-corrected chi connectivity index (χ4v) is 4.47. The summed E-state index contributed by atoms with van der Waals surface area (Å²) in [6.07, 6.45) is -1.84. The van der Waals surface area contributed by atoms with E-state index in [0.29, 0.717) is 4.88 Å². The van der Waals surface area contributed by atoms with Crippen LogP contribution in [0.2, 0.25) is 0 Å². The van der Waals surface area contributed by atoms with Crippen LogP contribution in [0, 0.1) is 0 Å². The summed E-state index contributed by atoms with van der Waals surface area (Å²) in [6, 6.07) is 5.84. The molecule has 0 radical (unpaired) electrons. The first kappa shape index (κ1) is 18.9. The minimum absolute atomic E-state index is 0.0121. The van der Waals surface area contributed by atoms with E-state index < -0.39 is 11.9 Å². The largest absolute Gasteiger partial charge is 0.433 e. The molecule has 0 N–H and O–H groups in total. The molecule has 0 bridgehead atoms. The molecule has 1 aliphatic heterocycles. The van der Waals surface area contributed by atoms with Crippen LogP contribution < -0.4 is 0 Å². The Morgan fingerprint density at radius 2 is 1.93 bits per heavy atom. The Hall–Kier alpha value is -2.42. The summed E-state index contributed by atoms with van der Waals surface area (Å²) in [5, 5.41) is 5.77. The second-order valence-corrected chi connectivity index (χ2v) is 8.09. The van der Waals surface area contributed by atoms with E-state index in [1.165, 1.54) is 17.4 Å². The van der Waals surface area contributed by atoms with Crippen LogP contribution in [0.5, 0.6) is 0 Å². The van der Waals surface area contributed by atoms with Crippen molar-refractivity contribution < 1.29 is 18.0 Å². The Kier molecular flexibility index (Phi) is 4.65. The fraction of sp³-hybridized carbons (Fsp3) is 0.421. The van der Waals surface area contributed by atoms with Gasteiger partial charge in [0.1, 0.15) is 0 Å². The number of thiophene rings is 1. The summed E-state index contributed by atoms with van der Waals surface area (Å²) in [5.41, 5.74) is -0.728. The van der Waals surface area contributed by atoms with Crippen molar-refractivity contribution in [2.24, 2.45) is 0 Å². The molecule has 1 saturated heterocycles. The van der Waals surface area contributed by atoms with Gasteiger partial charge in [0.05, 0.1) is 10.6 Å². The number of alkyl halides is 3. The van der Waals surface area contributed by atoms with Gasteiger partial charge in [-0.2, -0.15) is 18.3 Å². The molecule has 1 fully saturated rings. The van der Waals surface area contributed by atoms with Crippen LogP contribution in [0.4, 0.5) is 13.2 Å². The maximum absolute atomic E-state index is 13.6. The number of carbonyl (C=O) groups is 1. The van der Waals surface area contributed by atoms with Gasteiger partial charge in [0.25, 0.3) is 5.91 Å². The van der Waals surface area contributed by atoms with Crippen LogP contribution in [-0.2, 0) is 6.18 Å². The van der Waals surface area contributed by atoms with Crippen LogP contribution >= 0.6 is 11.3 Å². The van der Waals surface area contributed by atoms with Crippen molar-refractivity contribution in [2.75, 3.05) is 0 Å². The van der Waals surface area contributed by atoms with E-state index in [1.54, 1.807) is 22.4 Å². The minimum atomic E-state index is -4.62. The van der Waals surface area contributed by atoms with Gasteiger partial charge in [-0.1, -0.05) is 6.07 Å². The lowest BCUT2D eigenvalue weighted by molar-refractivity contribution is -0.142. The summed E-state index contributed by atoms with van der Waals surface area (Å²) in [6.45, 7) is 3.91. The van der Waals surface area contributed by atoms with Crippen molar-refractivity contribution in [1.29, 1.82) is 0 Å². The van der Waals surface area contributed by atoms with Gasteiger partial charge in [0.2, 0.25) is 0 Å². The first-order valence-corrected chi connectivity index (χ1v) is 9.98. The molecule has 3 aromatic rings. The molecule has 1 aliphatic rings. The number of aromatic nitrogens is 3. The Morgan fingerprint density at radius 1 is 1.21 bits per heavy atom. The molecule has 5 nitrogen and oxygen atoms in total. The van der Waals surface area contributed by atoms with E-state index in [4.69, 9.17) is 0 Å². The van der Waals surface area contributed by atoms with Crippen LogP contribution in [-0.4, -0.2) is 37.5 Å². The van der Waals surface area contributed by atoms with Gasteiger partial charge in [-0.05, 0) is 50.6 Å². The summed E-state index contributed by atoms with van der Waals surface area (Å²) in [5.74, 6) is -0.351. The van der Waals surface area contributed by atoms with Gasteiger partial charge in [0, 0.05) is 18.2 Å². The van der Waals surface area contributed by atoms with E-state index in [2.05, 4.69) is 10.1 Å². The number of amides is 1. The summed E-state index contributed by atoms with van der Waals surface area (Å²) < 4.78 is 41.7. The highest BCUT2D eigenvalue weighted by molar-refractivity contribution is 7.13. The molecule has 4 rings (SSSR count). The maximum atomic E-state index is 13.6. The number of piperidine rings is 1. The van der Waals surface area contributed by atoms with Crippen molar-refractivity contribution in [1.82, 2.24) is 19.5 Å². The average molecular weight is 408 g/mol. The molecule has 0 unspecified atom stereocenters. The zero-order valence-corrected chi connectivity index (χ0v) is 16.2. The normalized spacial score (nSPS) is 20.7. The van der Waals surface area contributed by atoms with Crippen molar-refractivity contribution in [3.63, 3.8) is 0 Å². The number of hydrogen-bond acceptors (Lipinski definition) is 4. The smallest absolute Gasteiger partial charge is 0.332 e. The number of carbonyl (C=O) groups excluding carboxylic acids is 1. The number of rotatable bonds is 2. The zero-order valence-electron chi connectivity index (χ0n) is 15.4. The SMILES string of the molecule is C[C@@H]1CCC[C@@H](C)N1C(=O)c1cc2nc(-c3cccs3)cc(C(F)(F)F)n2n1. The van der Waals surface area contributed by atoms with Gasteiger partial charge >= 0.3 is 6.18 Å². The number of fused-ring (bicyclic) bond motifs is 1. The van der Waals surface area contributed by atoms with E-state index in [0.717, 1.165) is 29.8 Å². The van der Waals surface area contributed by atoms with E-state index in [-0.39, 0.29) is 35.0 Å². The van der Waals surface area contributed by atoms with Crippen molar-refractivity contribution >= 4 is 22.9 Å². The van der Waals surface area contributed by atoms with Gasteiger partial charge in [-0.25, -0.2) is 9.50 Å². The van der Waals surface area contributed by atoms with E-state index in [1.807, 2.05) is 13.8 Å². The molecular weight excluding hydrogens is 389 g/mol. The van der Waals surface area contributed by atoms with Crippen LogP contribution in [0.15, 0.2) is 29.6 Å². The molecule has 0 aliphatic carbocycles. The van der Waals surface area contributed by atoms with Crippen LogP contribution in [0.1, 0.15) is 49.3 Å². The number of nitrogens with zero attached hydrogens (tertiary/aromatic N) is 4. The molecule has 9 heteroatoms. The Morgan fingerprint density at radius 3 is 2.54 bits per heavy atom. The molecule has 0 spiro atoms. The highest BCUT2D eigenvalue weighted by Gasteiger charge is 2.37. The number of hydrogen-bond donors (Lipinski definition) is 0. The monoisotopic (exact) mass is 408 g/mol. The quantitative estimate of drug-likeness (QED) is 0.607. The molecule has 1 amide bonds. The Bertz CT molecular complexity index is 1000. The second-order valence-electron chi connectivity index (χ2n) is 7.14. The predicted molar refractivity (Wildman–Crippen MR) is 100 cm³/mol. The lowest BCUT2D eigenvalue weighted by atomic mass is 9.97.